The number of carbonyl (C=O) groups excluding carboxylic acids is 1. The minimum absolute atomic E-state index is 0.0714. The van der Waals surface area contributed by atoms with Gasteiger partial charge in [-0.05, 0) is 23.7 Å². The summed E-state index contributed by atoms with van der Waals surface area (Å²) in [7, 11) is 1.60. The van der Waals surface area contributed by atoms with Crippen LogP contribution in [-0.4, -0.2) is 35.4 Å². The molecule has 6 nitrogen and oxygen atoms in total. The summed E-state index contributed by atoms with van der Waals surface area (Å²) in [6.07, 6.45) is 0. The van der Waals surface area contributed by atoms with Gasteiger partial charge in [0.15, 0.2) is 11.0 Å². The molecule has 94 valence electrons. The molecule has 0 spiro atoms. The number of hydrogen-bond acceptors (Lipinski definition) is 4. The van der Waals surface area contributed by atoms with E-state index in [0.717, 1.165) is 0 Å². The van der Waals surface area contributed by atoms with E-state index in [1.165, 1.54) is 17.0 Å². The minimum atomic E-state index is -0.311. The highest BCUT2D eigenvalue weighted by molar-refractivity contribution is 6.29. The first kappa shape index (κ1) is 13.4. The highest BCUT2D eigenvalue weighted by atomic mass is 35.5. The highest BCUT2D eigenvalue weighted by Crippen LogP contribution is 2.15. The second-order valence-electron chi connectivity index (χ2n) is 3.72. The zero-order chi connectivity index (χ0) is 13.0. The number of carbonyl (C=O) groups is 1. The average molecular weight is 260 g/mol. The van der Waals surface area contributed by atoms with Crippen LogP contribution in [0.5, 0.6) is 0 Å². The van der Waals surface area contributed by atoms with Crippen molar-refractivity contribution in [1.29, 1.82) is 0 Å². The highest BCUT2D eigenvalue weighted by Gasteiger charge is 2.19. The van der Waals surface area contributed by atoms with Gasteiger partial charge in [-0.1, -0.05) is 12.1 Å². The maximum Gasteiger partial charge on any atom is 0.289 e. The summed E-state index contributed by atoms with van der Waals surface area (Å²) in [5, 5.41) is 11.5. The van der Waals surface area contributed by atoms with E-state index < -0.39 is 0 Å². The second kappa shape index (κ2) is 5.58. The van der Waals surface area contributed by atoms with E-state index >= 15 is 0 Å². The summed E-state index contributed by atoms with van der Waals surface area (Å²) in [6.45, 7) is 2.06. The van der Waals surface area contributed by atoms with E-state index in [2.05, 4.69) is 5.16 Å². The van der Waals surface area contributed by atoms with Crippen LogP contribution in [0.3, 0.4) is 0 Å². The molecular formula is C10H14ClN3O3. The third-order valence-corrected chi connectivity index (χ3v) is 2.50. The number of furan rings is 1. The van der Waals surface area contributed by atoms with Crippen molar-refractivity contribution >= 4 is 23.3 Å². The Hall–Kier alpha value is -1.69. The van der Waals surface area contributed by atoms with E-state index in [-0.39, 0.29) is 28.6 Å². The fourth-order valence-electron chi connectivity index (χ4n) is 1.30. The fraction of sp³-hybridized carbons (Fsp3) is 0.400. The molecule has 0 saturated carbocycles. The van der Waals surface area contributed by atoms with Crippen molar-refractivity contribution in [2.45, 2.75) is 6.92 Å². The molecule has 0 saturated heterocycles. The molecule has 0 aliphatic rings. The van der Waals surface area contributed by atoms with Crippen LogP contribution in [0.2, 0.25) is 5.22 Å². The van der Waals surface area contributed by atoms with Crippen LogP contribution in [0.1, 0.15) is 17.5 Å². The van der Waals surface area contributed by atoms with Crippen LogP contribution < -0.4 is 5.73 Å². The topological polar surface area (TPSA) is 92.1 Å². The van der Waals surface area contributed by atoms with Crippen molar-refractivity contribution in [2.24, 2.45) is 16.8 Å². The molecule has 1 aromatic heterocycles. The van der Waals surface area contributed by atoms with Crippen LogP contribution in [0.25, 0.3) is 0 Å². The van der Waals surface area contributed by atoms with Crippen molar-refractivity contribution in [2.75, 3.05) is 13.6 Å². The van der Waals surface area contributed by atoms with Crippen LogP contribution in [0.15, 0.2) is 21.7 Å². The normalized spacial score (nSPS) is 13.5. The van der Waals surface area contributed by atoms with Crippen molar-refractivity contribution in [3.63, 3.8) is 0 Å². The smallest absolute Gasteiger partial charge is 0.289 e. The van der Waals surface area contributed by atoms with Crippen molar-refractivity contribution in [3.05, 3.63) is 23.1 Å². The first-order valence-electron chi connectivity index (χ1n) is 4.94. The standard InChI is InChI=1S/C10H14ClN3O3/c1-6(9(12)13-16)5-14(2)10(15)7-3-4-8(11)17-7/h3-4,6,16H,5H2,1-2H3,(H2,12,13). The van der Waals surface area contributed by atoms with E-state index in [1.54, 1.807) is 14.0 Å². The number of nitrogens with zero attached hydrogens (tertiary/aromatic N) is 2. The summed E-state index contributed by atoms with van der Waals surface area (Å²) in [4.78, 5) is 13.2. The van der Waals surface area contributed by atoms with Crippen LogP contribution in [0, 0.1) is 5.92 Å². The molecular weight excluding hydrogens is 246 g/mol. The summed E-state index contributed by atoms with van der Waals surface area (Å²) in [6, 6.07) is 2.99. The number of hydrogen-bond donors (Lipinski definition) is 2. The minimum Gasteiger partial charge on any atom is -0.440 e. The zero-order valence-electron chi connectivity index (χ0n) is 9.55. The maximum absolute atomic E-state index is 11.8. The van der Waals surface area contributed by atoms with Gasteiger partial charge in [0.25, 0.3) is 5.91 Å². The maximum atomic E-state index is 11.8. The molecule has 0 aromatic carbocycles. The Morgan fingerprint density at radius 2 is 2.35 bits per heavy atom. The Morgan fingerprint density at radius 3 is 2.82 bits per heavy atom. The number of amides is 1. The number of rotatable bonds is 4. The molecule has 1 atom stereocenters. The van der Waals surface area contributed by atoms with E-state index in [1.807, 2.05) is 0 Å². The first-order chi connectivity index (χ1) is 7.95. The van der Waals surface area contributed by atoms with Gasteiger partial charge in [-0.3, -0.25) is 4.79 Å². The monoisotopic (exact) mass is 259 g/mol. The van der Waals surface area contributed by atoms with Gasteiger partial charge in [-0.15, -0.1) is 0 Å². The van der Waals surface area contributed by atoms with Gasteiger partial charge in [0.1, 0.15) is 5.84 Å². The molecule has 1 heterocycles. The molecule has 0 radical (unpaired) electrons. The van der Waals surface area contributed by atoms with Gasteiger partial charge in [0, 0.05) is 19.5 Å². The zero-order valence-corrected chi connectivity index (χ0v) is 10.3. The molecule has 0 bridgehead atoms. The Morgan fingerprint density at radius 1 is 1.71 bits per heavy atom. The molecule has 0 aliphatic carbocycles. The largest absolute Gasteiger partial charge is 0.440 e. The van der Waals surface area contributed by atoms with Gasteiger partial charge in [-0.25, -0.2) is 0 Å². The van der Waals surface area contributed by atoms with E-state index in [4.69, 9.17) is 27.0 Å². The number of amidine groups is 1. The molecule has 17 heavy (non-hydrogen) atoms. The number of halogens is 1. The number of nitrogens with two attached hydrogens (primary N) is 1. The molecule has 1 unspecified atom stereocenters. The lowest BCUT2D eigenvalue weighted by Gasteiger charge is -2.19. The first-order valence-corrected chi connectivity index (χ1v) is 5.31. The molecule has 0 fully saturated rings. The van der Waals surface area contributed by atoms with Crippen LogP contribution >= 0.6 is 11.6 Å². The third-order valence-electron chi connectivity index (χ3n) is 2.30. The Balaban J connectivity index is 2.65. The average Bonchev–Trinajstić information content (AvgIpc) is 2.73. The Bertz CT molecular complexity index is 430. The molecule has 0 aliphatic heterocycles. The van der Waals surface area contributed by atoms with Gasteiger partial charge < -0.3 is 20.3 Å². The van der Waals surface area contributed by atoms with E-state index in [9.17, 15) is 4.79 Å². The van der Waals surface area contributed by atoms with Crippen molar-refractivity contribution < 1.29 is 14.4 Å². The van der Waals surface area contributed by atoms with Crippen molar-refractivity contribution in [1.82, 2.24) is 4.90 Å². The lowest BCUT2D eigenvalue weighted by Crippen LogP contribution is -2.36. The molecule has 1 amide bonds. The predicted molar refractivity (Wildman–Crippen MR) is 63.3 cm³/mol. The molecule has 7 heteroatoms. The van der Waals surface area contributed by atoms with Crippen LogP contribution in [0.4, 0.5) is 0 Å². The van der Waals surface area contributed by atoms with Gasteiger partial charge in [0.05, 0.1) is 0 Å². The Labute approximate surface area is 104 Å². The summed E-state index contributed by atoms with van der Waals surface area (Å²) in [5.74, 6) is -0.333. The summed E-state index contributed by atoms with van der Waals surface area (Å²) < 4.78 is 5.00. The predicted octanol–water partition coefficient (Wildman–Crippen LogP) is 1.39. The van der Waals surface area contributed by atoms with Crippen molar-refractivity contribution in [3.8, 4) is 0 Å². The quantitative estimate of drug-likeness (QED) is 0.370. The summed E-state index contributed by atoms with van der Waals surface area (Å²) in [5.41, 5.74) is 5.43. The third kappa shape index (κ3) is 3.39. The van der Waals surface area contributed by atoms with Gasteiger partial charge in [-0.2, -0.15) is 0 Å². The summed E-state index contributed by atoms with van der Waals surface area (Å²) >= 11 is 5.58. The van der Waals surface area contributed by atoms with Gasteiger partial charge >= 0.3 is 0 Å². The fourth-order valence-corrected chi connectivity index (χ4v) is 1.45. The molecule has 3 N–H and O–H groups in total. The lowest BCUT2D eigenvalue weighted by atomic mass is 10.1. The molecule has 1 rings (SSSR count). The Kier molecular flexibility index (Phi) is 4.39. The SMILES string of the molecule is CC(CN(C)C(=O)c1ccc(Cl)o1)/C(N)=N/O. The van der Waals surface area contributed by atoms with E-state index in [0.29, 0.717) is 6.54 Å². The number of oxime groups is 1. The second-order valence-corrected chi connectivity index (χ2v) is 4.09. The van der Waals surface area contributed by atoms with Gasteiger partial charge in [0.2, 0.25) is 0 Å². The lowest BCUT2D eigenvalue weighted by molar-refractivity contribution is 0.0754. The molecule has 1 aromatic rings. The van der Waals surface area contributed by atoms with Crippen LogP contribution in [-0.2, 0) is 0 Å².